The molecule has 0 aliphatic carbocycles. The van der Waals surface area contributed by atoms with Gasteiger partial charge in [0.1, 0.15) is 10.7 Å². The van der Waals surface area contributed by atoms with Crippen molar-refractivity contribution in [3.63, 3.8) is 0 Å². The third-order valence-electron chi connectivity index (χ3n) is 3.11. The van der Waals surface area contributed by atoms with Crippen molar-refractivity contribution >= 4 is 28.8 Å². The SMILES string of the molecule is COc1ccc(NC(=O)c2ccc(C(N)=S)cc2)c(C)c1. The first-order valence-electron chi connectivity index (χ1n) is 6.37. The average Bonchev–Trinajstić information content (AvgIpc) is 2.49. The van der Waals surface area contributed by atoms with E-state index >= 15 is 0 Å². The summed E-state index contributed by atoms with van der Waals surface area (Å²) in [5.41, 5.74) is 8.50. The number of hydrogen-bond donors (Lipinski definition) is 2. The molecule has 0 heterocycles. The van der Waals surface area contributed by atoms with Gasteiger partial charge in [0, 0.05) is 16.8 Å². The van der Waals surface area contributed by atoms with E-state index < -0.39 is 0 Å². The highest BCUT2D eigenvalue weighted by molar-refractivity contribution is 7.80. The van der Waals surface area contributed by atoms with Gasteiger partial charge in [0.2, 0.25) is 0 Å². The molecule has 3 N–H and O–H groups in total. The molecule has 5 heteroatoms. The van der Waals surface area contributed by atoms with Crippen molar-refractivity contribution in [2.24, 2.45) is 5.73 Å². The van der Waals surface area contributed by atoms with Gasteiger partial charge in [0.05, 0.1) is 7.11 Å². The zero-order valence-corrected chi connectivity index (χ0v) is 12.7. The van der Waals surface area contributed by atoms with Crippen LogP contribution in [0.15, 0.2) is 42.5 Å². The minimum atomic E-state index is -0.183. The Labute approximate surface area is 128 Å². The van der Waals surface area contributed by atoms with Gasteiger partial charge in [-0.15, -0.1) is 0 Å². The fourth-order valence-electron chi connectivity index (χ4n) is 1.88. The van der Waals surface area contributed by atoms with Crippen molar-refractivity contribution in [1.82, 2.24) is 0 Å². The number of amides is 1. The molecule has 2 aromatic carbocycles. The van der Waals surface area contributed by atoms with Gasteiger partial charge in [-0.25, -0.2) is 0 Å². The van der Waals surface area contributed by atoms with E-state index in [1.165, 1.54) is 0 Å². The van der Waals surface area contributed by atoms with Crippen LogP contribution in [0.5, 0.6) is 5.75 Å². The molecule has 0 atom stereocenters. The van der Waals surface area contributed by atoms with Gasteiger partial charge in [-0.2, -0.15) is 0 Å². The van der Waals surface area contributed by atoms with Crippen LogP contribution in [0.2, 0.25) is 0 Å². The molecule has 0 saturated carbocycles. The Morgan fingerprint density at radius 2 is 1.76 bits per heavy atom. The number of benzene rings is 2. The largest absolute Gasteiger partial charge is 0.497 e. The van der Waals surface area contributed by atoms with E-state index in [9.17, 15) is 4.79 Å². The lowest BCUT2D eigenvalue weighted by molar-refractivity contribution is 0.102. The summed E-state index contributed by atoms with van der Waals surface area (Å²) in [7, 11) is 1.61. The molecule has 108 valence electrons. The highest BCUT2D eigenvalue weighted by atomic mass is 32.1. The summed E-state index contributed by atoms with van der Waals surface area (Å²) in [4.78, 5) is 12.5. The van der Waals surface area contributed by atoms with E-state index in [0.717, 1.165) is 22.6 Å². The van der Waals surface area contributed by atoms with Crippen molar-refractivity contribution in [1.29, 1.82) is 0 Å². The molecule has 4 nitrogen and oxygen atoms in total. The number of carbonyl (C=O) groups is 1. The number of thiocarbonyl (C=S) groups is 1. The molecule has 0 unspecified atom stereocenters. The molecule has 0 aliphatic heterocycles. The van der Waals surface area contributed by atoms with E-state index in [2.05, 4.69) is 5.32 Å². The number of aryl methyl sites for hydroxylation is 1. The van der Waals surface area contributed by atoms with Crippen LogP contribution in [0.4, 0.5) is 5.69 Å². The molecule has 0 fully saturated rings. The van der Waals surface area contributed by atoms with Crippen LogP contribution >= 0.6 is 12.2 Å². The lowest BCUT2D eigenvalue weighted by atomic mass is 10.1. The molecule has 0 saturated heterocycles. The number of carbonyl (C=O) groups excluding carboxylic acids is 1. The Balaban J connectivity index is 2.16. The first-order chi connectivity index (χ1) is 10.0. The van der Waals surface area contributed by atoms with Crippen molar-refractivity contribution in [3.8, 4) is 5.75 Å². The minimum Gasteiger partial charge on any atom is -0.497 e. The number of ether oxygens (including phenoxy) is 1. The minimum absolute atomic E-state index is 0.183. The summed E-state index contributed by atoms with van der Waals surface area (Å²) in [6.07, 6.45) is 0. The maximum atomic E-state index is 12.2. The van der Waals surface area contributed by atoms with Crippen molar-refractivity contribution in [2.75, 3.05) is 12.4 Å². The van der Waals surface area contributed by atoms with Gasteiger partial charge in [-0.3, -0.25) is 4.79 Å². The smallest absolute Gasteiger partial charge is 0.255 e. The normalized spacial score (nSPS) is 10.0. The monoisotopic (exact) mass is 300 g/mol. The van der Waals surface area contributed by atoms with Gasteiger partial charge in [0.25, 0.3) is 5.91 Å². The van der Waals surface area contributed by atoms with E-state index in [0.29, 0.717) is 10.6 Å². The second kappa shape index (κ2) is 6.37. The Morgan fingerprint density at radius 1 is 1.14 bits per heavy atom. The lowest BCUT2D eigenvalue weighted by Gasteiger charge is -2.10. The molecule has 2 rings (SSSR count). The molecule has 21 heavy (non-hydrogen) atoms. The van der Waals surface area contributed by atoms with Crippen molar-refractivity contribution in [3.05, 3.63) is 59.2 Å². The molecule has 1 amide bonds. The summed E-state index contributed by atoms with van der Waals surface area (Å²) in [5, 5.41) is 2.87. The number of rotatable bonds is 4. The molecular weight excluding hydrogens is 284 g/mol. The summed E-state index contributed by atoms with van der Waals surface area (Å²) in [6.45, 7) is 1.91. The van der Waals surface area contributed by atoms with E-state index in [4.69, 9.17) is 22.7 Å². The highest BCUT2D eigenvalue weighted by Gasteiger charge is 2.08. The molecule has 0 aromatic heterocycles. The number of nitrogens with two attached hydrogens (primary N) is 1. The fraction of sp³-hybridized carbons (Fsp3) is 0.125. The number of hydrogen-bond acceptors (Lipinski definition) is 3. The van der Waals surface area contributed by atoms with Crippen LogP contribution < -0.4 is 15.8 Å². The molecule has 0 bridgehead atoms. The molecule has 0 aliphatic rings. The third kappa shape index (κ3) is 3.58. The van der Waals surface area contributed by atoms with Crippen LogP contribution in [-0.4, -0.2) is 18.0 Å². The number of methoxy groups -OCH3 is 1. The first kappa shape index (κ1) is 15.0. The zero-order chi connectivity index (χ0) is 15.4. The summed E-state index contributed by atoms with van der Waals surface area (Å²) in [6, 6.07) is 12.3. The second-order valence-corrected chi connectivity index (χ2v) is 5.02. The predicted molar refractivity (Wildman–Crippen MR) is 88.0 cm³/mol. The quantitative estimate of drug-likeness (QED) is 0.852. The Hall–Kier alpha value is -2.40. The van der Waals surface area contributed by atoms with Gasteiger partial charge in [-0.1, -0.05) is 24.4 Å². The maximum absolute atomic E-state index is 12.2. The number of anilines is 1. The second-order valence-electron chi connectivity index (χ2n) is 4.58. The third-order valence-corrected chi connectivity index (χ3v) is 3.35. The van der Waals surface area contributed by atoms with Crippen LogP contribution in [0.3, 0.4) is 0 Å². The van der Waals surface area contributed by atoms with Crippen LogP contribution in [0, 0.1) is 6.92 Å². The zero-order valence-electron chi connectivity index (χ0n) is 11.8. The van der Waals surface area contributed by atoms with Crippen LogP contribution in [0.25, 0.3) is 0 Å². The van der Waals surface area contributed by atoms with Crippen molar-refractivity contribution < 1.29 is 9.53 Å². The van der Waals surface area contributed by atoms with Gasteiger partial charge in [-0.05, 0) is 42.8 Å². The number of nitrogens with one attached hydrogen (secondary N) is 1. The summed E-state index contributed by atoms with van der Waals surface area (Å²) in [5.74, 6) is 0.573. The Morgan fingerprint density at radius 3 is 2.29 bits per heavy atom. The molecule has 0 radical (unpaired) electrons. The molecular formula is C16H16N2O2S. The van der Waals surface area contributed by atoms with E-state index in [1.54, 1.807) is 37.4 Å². The molecule has 0 spiro atoms. The lowest BCUT2D eigenvalue weighted by Crippen LogP contribution is -2.14. The topological polar surface area (TPSA) is 64.3 Å². The first-order valence-corrected chi connectivity index (χ1v) is 6.78. The van der Waals surface area contributed by atoms with Gasteiger partial charge in [0.15, 0.2) is 0 Å². The average molecular weight is 300 g/mol. The standard InChI is InChI=1S/C16H16N2O2S/c1-10-9-13(20-2)7-8-14(10)18-16(19)12-5-3-11(4-6-12)15(17)21/h3-9H,1-2H3,(H2,17,21)(H,18,19). The summed E-state index contributed by atoms with van der Waals surface area (Å²) >= 11 is 4.88. The van der Waals surface area contributed by atoms with Crippen LogP contribution in [0.1, 0.15) is 21.5 Å². The highest BCUT2D eigenvalue weighted by Crippen LogP contribution is 2.21. The van der Waals surface area contributed by atoms with E-state index in [-0.39, 0.29) is 5.91 Å². The maximum Gasteiger partial charge on any atom is 0.255 e. The van der Waals surface area contributed by atoms with Crippen molar-refractivity contribution in [2.45, 2.75) is 6.92 Å². The van der Waals surface area contributed by atoms with Crippen LogP contribution in [-0.2, 0) is 0 Å². The predicted octanol–water partition coefficient (Wildman–Crippen LogP) is 2.89. The Bertz CT molecular complexity index is 681. The van der Waals surface area contributed by atoms with E-state index in [1.807, 2.05) is 19.1 Å². The fourth-order valence-corrected chi connectivity index (χ4v) is 2.02. The summed E-state index contributed by atoms with van der Waals surface area (Å²) < 4.78 is 5.14. The van der Waals surface area contributed by atoms with Gasteiger partial charge >= 0.3 is 0 Å². The molecule has 2 aromatic rings. The Kier molecular flexibility index (Phi) is 4.55. The van der Waals surface area contributed by atoms with Gasteiger partial charge < -0.3 is 15.8 Å².